The standard InChI is InChI=1S/C19H19FN4O/c20-14-3-4-15-17(9-14)25-23-19(15)13-5-7-24(8-6-13)18-10-16(12-1-2-12)21-11-22-18/h3-4,9-13H,1-2,5-8H2. The summed E-state index contributed by atoms with van der Waals surface area (Å²) in [6, 6.07) is 6.79. The normalized spacial score (nSPS) is 18.8. The molecular formula is C19H19FN4O. The average molecular weight is 338 g/mol. The Balaban J connectivity index is 1.33. The second kappa shape index (κ2) is 5.79. The SMILES string of the molecule is Fc1ccc2c(C3CCN(c4cc(C5CC5)ncn4)CC3)noc2c1. The third-order valence-electron chi connectivity index (χ3n) is 5.34. The van der Waals surface area contributed by atoms with Crippen LogP contribution < -0.4 is 4.90 Å². The molecule has 0 N–H and O–H groups in total. The van der Waals surface area contributed by atoms with Gasteiger partial charge in [-0.05, 0) is 37.8 Å². The molecule has 0 radical (unpaired) electrons. The number of fused-ring (bicyclic) bond motifs is 1. The number of halogens is 1. The molecule has 1 aromatic carbocycles. The molecule has 1 saturated heterocycles. The quantitative estimate of drug-likeness (QED) is 0.722. The first kappa shape index (κ1) is 14.8. The van der Waals surface area contributed by atoms with Crippen LogP contribution >= 0.6 is 0 Å². The van der Waals surface area contributed by atoms with Crippen molar-refractivity contribution in [3.63, 3.8) is 0 Å². The van der Waals surface area contributed by atoms with Crippen molar-refractivity contribution in [2.75, 3.05) is 18.0 Å². The highest BCUT2D eigenvalue weighted by Gasteiger charge is 2.28. The predicted molar refractivity (Wildman–Crippen MR) is 92.2 cm³/mol. The summed E-state index contributed by atoms with van der Waals surface area (Å²) in [5.41, 5.74) is 2.66. The summed E-state index contributed by atoms with van der Waals surface area (Å²) < 4.78 is 18.6. The van der Waals surface area contributed by atoms with Gasteiger partial charge in [0.05, 0.1) is 5.69 Å². The number of piperidine rings is 1. The topological polar surface area (TPSA) is 55.1 Å². The zero-order chi connectivity index (χ0) is 16.8. The minimum atomic E-state index is -0.291. The third-order valence-corrected chi connectivity index (χ3v) is 5.34. The van der Waals surface area contributed by atoms with Gasteiger partial charge in [-0.2, -0.15) is 0 Å². The predicted octanol–water partition coefficient (Wildman–Crippen LogP) is 4.02. The first-order valence-electron chi connectivity index (χ1n) is 8.89. The number of hydrogen-bond donors (Lipinski definition) is 0. The number of hydrogen-bond acceptors (Lipinski definition) is 5. The van der Waals surface area contributed by atoms with Crippen molar-refractivity contribution in [3.05, 3.63) is 47.8 Å². The maximum atomic E-state index is 13.3. The molecule has 2 aromatic heterocycles. The van der Waals surface area contributed by atoms with Crippen LogP contribution in [-0.4, -0.2) is 28.2 Å². The van der Waals surface area contributed by atoms with Gasteiger partial charge in [-0.25, -0.2) is 14.4 Å². The summed E-state index contributed by atoms with van der Waals surface area (Å²) in [6.07, 6.45) is 6.16. The highest BCUT2D eigenvalue weighted by Crippen LogP contribution is 2.40. The molecule has 2 fully saturated rings. The van der Waals surface area contributed by atoms with E-state index in [9.17, 15) is 4.39 Å². The molecule has 0 spiro atoms. The van der Waals surface area contributed by atoms with Gasteiger partial charge < -0.3 is 9.42 Å². The maximum absolute atomic E-state index is 13.3. The summed E-state index contributed by atoms with van der Waals surface area (Å²) in [6.45, 7) is 1.86. The molecule has 5 rings (SSSR count). The van der Waals surface area contributed by atoms with Crippen molar-refractivity contribution in [2.24, 2.45) is 0 Å². The lowest BCUT2D eigenvalue weighted by Crippen LogP contribution is -2.33. The molecule has 1 aliphatic carbocycles. The molecule has 3 heterocycles. The lowest BCUT2D eigenvalue weighted by atomic mass is 9.91. The maximum Gasteiger partial charge on any atom is 0.170 e. The van der Waals surface area contributed by atoms with Gasteiger partial charge in [0.1, 0.15) is 18.0 Å². The third kappa shape index (κ3) is 2.75. The highest BCUT2D eigenvalue weighted by atomic mass is 19.1. The van der Waals surface area contributed by atoms with Gasteiger partial charge in [0.25, 0.3) is 0 Å². The van der Waals surface area contributed by atoms with Crippen molar-refractivity contribution >= 4 is 16.8 Å². The molecule has 128 valence electrons. The zero-order valence-corrected chi connectivity index (χ0v) is 13.9. The van der Waals surface area contributed by atoms with Gasteiger partial charge >= 0.3 is 0 Å². The summed E-state index contributed by atoms with van der Waals surface area (Å²) in [7, 11) is 0. The van der Waals surface area contributed by atoms with E-state index in [-0.39, 0.29) is 5.82 Å². The van der Waals surface area contributed by atoms with Gasteiger partial charge in [0.15, 0.2) is 5.58 Å². The van der Waals surface area contributed by atoms with Gasteiger partial charge in [-0.1, -0.05) is 5.16 Å². The molecule has 0 bridgehead atoms. The summed E-state index contributed by atoms with van der Waals surface area (Å²) in [4.78, 5) is 11.2. The van der Waals surface area contributed by atoms with Crippen LogP contribution in [0.3, 0.4) is 0 Å². The number of nitrogens with zero attached hydrogens (tertiary/aromatic N) is 4. The second-order valence-electron chi connectivity index (χ2n) is 7.04. The minimum Gasteiger partial charge on any atom is -0.356 e. The fraction of sp³-hybridized carbons (Fsp3) is 0.421. The number of rotatable bonds is 3. The molecule has 0 unspecified atom stereocenters. The summed E-state index contributed by atoms with van der Waals surface area (Å²) in [5.74, 6) is 1.72. The van der Waals surface area contributed by atoms with Crippen molar-refractivity contribution in [3.8, 4) is 0 Å². The van der Waals surface area contributed by atoms with Crippen LogP contribution in [-0.2, 0) is 0 Å². The number of aromatic nitrogens is 3. The Labute approximate surface area is 144 Å². The smallest absolute Gasteiger partial charge is 0.170 e. The van der Waals surface area contributed by atoms with Crippen molar-refractivity contribution < 1.29 is 8.91 Å². The molecule has 1 aliphatic heterocycles. The van der Waals surface area contributed by atoms with Crippen LogP contribution in [0.15, 0.2) is 35.1 Å². The summed E-state index contributed by atoms with van der Waals surface area (Å²) >= 11 is 0. The van der Waals surface area contributed by atoms with Crippen LogP contribution in [0.5, 0.6) is 0 Å². The average Bonchev–Trinajstić information content (AvgIpc) is 3.42. The van der Waals surface area contributed by atoms with E-state index in [4.69, 9.17) is 4.52 Å². The van der Waals surface area contributed by atoms with E-state index in [1.54, 1.807) is 12.4 Å². The Morgan fingerprint density at radius 3 is 2.64 bits per heavy atom. The molecule has 3 aromatic rings. The van der Waals surface area contributed by atoms with Crippen molar-refractivity contribution in [2.45, 2.75) is 37.5 Å². The lowest BCUT2D eigenvalue weighted by molar-refractivity contribution is 0.416. The van der Waals surface area contributed by atoms with Crippen LogP contribution in [0.2, 0.25) is 0 Å². The molecule has 1 saturated carbocycles. The van der Waals surface area contributed by atoms with Crippen LogP contribution in [0.1, 0.15) is 48.9 Å². The molecule has 2 aliphatic rings. The Morgan fingerprint density at radius 2 is 1.84 bits per heavy atom. The molecule has 25 heavy (non-hydrogen) atoms. The zero-order valence-electron chi connectivity index (χ0n) is 13.9. The first-order chi connectivity index (χ1) is 12.3. The van der Waals surface area contributed by atoms with Crippen LogP contribution in [0, 0.1) is 5.82 Å². The minimum absolute atomic E-state index is 0.291. The monoisotopic (exact) mass is 338 g/mol. The van der Waals surface area contributed by atoms with E-state index in [2.05, 4.69) is 26.1 Å². The fourth-order valence-corrected chi connectivity index (χ4v) is 3.74. The molecular weight excluding hydrogens is 319 g/mol. The lowest BCUT2D eigenvalue weighted by Gasteiger charge is -2.32. The molecule has 0 atom stereocenters. The van der Waals surface area contributed by atoms with E-state index < -0.39 is 0 Å². The van der Waals surface area contributed by atoms with E-state index in [0.717, 1.165) is 42.8 Å². The Morgan fingerprint density at radius 1 is 1.00 bits per heavy atom. The van der Waals surface area contributed by atoms with Crippen molar-refractivity contribution in [1.82, 2.24) is 15.1 Å². The van der Waals surface area contributed by atoms with Gasteiger partial charge in [0.2, 0.25) is 0 Å². The largest absolute Gasteiger partial charge is 0.356 e. The highest BCUT2D eigenvalue weighted by molar-refractivity contribution is 5.80. The first-order valence-corrected chi connectivity index (χ1v) is 8.89. The molecule has 6 heteroatoms. The van der Waals surface area contributed by atoms with Crippen molar-refractivity contribution in [1.29, 1.82) is 0 Å². The molecule has 0 amide bonds. The van der Waals surface area contributed by atoms with Gasteiger partial charge in [0, 0.05) is 48.1 Å². The molecule has 5 nitrogen and oxygen atoms in total. The van der Waals surface area contributed by atoms with Crippen LogP contribution in [0.4, 0.5) is 10.2 Å². The second-order valence-corrected chi connectivity index (χ2v) is 7.04. The van der Waals surface area contributed by atoms with Gasteiger partial charge in [-0.3, -0.25) is 0 Å². The fourth-order valence-electron chi connectivity index (χ4n) is 3.74. The number of benzene rings is 1. The van der Waals surface area contributed by atoms with E-state index in [1.807, 2.05) is 0 Å². The van der Waals surface area contributed by atoms with E-state index in [1.165, 1.54) is 30.7 Å². The number of anilines is 1. The van der Waals surface area contributed by atoms with Gasteiger partial charge in [-0.15, -0.1) is 0 Å². The Bertz CT molecular complexity index is 913. The summed E-state index contributed by atoms with van der Waals surface area (Å²) in [5, 5.41) is 5.15. The van der Waals surface area contributed by atoms with Crippen LogP contribution in [0.25, 0.3) is 11.0 Å². The van der Waals surface area contributed by atoms with E-state index in [0.29, 0.717) is 17.4 Å². The Hall–Kier alpha value is -2.50. The Kier molecular flexibility index (Phi) is 3.43. The van der Waals surface area contributed by atoms with E-state index >= 15 is 0 Å².